The number of aromatic hydroxyl groups is 1. The number of thiol groups is 2. The molecule has 10 atom stereocenters. The number of benzene rings is 2. The molecule has 0 heterocycles. The van der Waals surface area contributed by atoms with Crippen LogP contribution in [0, 0.1) is 0 Å². The number of hydrogen-bond donors (Lipinski definition) is 21. The fourth-order valence-corrected chi connectivity index (χ4v) is 8.71. The first-order valence-electron chi connectivity index (χ1n) is 27.9. The summed E-state index contributed by atoms with van der Waals surface area (Å²) < 4.78 is 0. The summed E-state index contributed by atoms with van der Waals surface area (Å²) in [4.78, 5) is 175. The van der Waals surface area contributed by atoms with Crippen LogP contribution >= 0.6 is 25.3 Å². The number of phenols is 1. The second kappa shape index (κ2) is 40.6. The number of amides is 9. The summed E-state index contributed by atoms with van der Waals surface area (Å²) in [5.74, 6) is -16.5. The summed E-state index contributed by atoms with van der Waals surface area (Å²) >= 11 is 8.33. The maximum absolute atomic E-state index is 14.7. The molecule has 0 aliphatic carbocycles. The number of nitrogens with zero attached hydrogens (tertiary/aromatic N) is 1. The van der Waals surface area contributed by atoms with Gasteiger partial charge in [0.1, 0.15) is 66.2 Å². The summed E-state index contributed by atoms with van der Waals surface area (Å²) in [5, 5.41) is 78.9. The van der Waals surface area contributed by atoms with Gasteiger partial charge < -0.3 is 101 Å². The molecule has 89 heavy (non-hydrogen) atoms. The van der Waals surface area contributed by atoms with Gasteiger partial charge in [-0.25, -0.2) is 4.79 Å². The van der Waals surface area contributed by atoms with Crippen LogP contribution in [-0.2, 0) is 75.2 Å². The molecule has 2 aromatic rings. The predicted molar refractivity (Wildman–Crippen MR) is 323 cm³/mol. The largest absolute Gasteiger partial charge is 0.508 e. The topological polar surface area (TPSA) is 568 Å². The van der Waals surface area contributed by atoms with Gasteiger partial charge in [-0.2, -0.15) is 25.3 Å². The Kier molecular flexibility index (Phi) is 34.8. The van der Waals surface area contributed by atoms with E-state index in [1.165, 1.54) is 24.3 Å². The quantitative estimate of drug-likeness (QED) is 0.0128. The van der Waals surface area contributed by atoms with E-state index in [4.69, 9.17) is 28.0 Å². The van der Waals surface area contributed by atoms with Crippen molar-refractivity contribution in [3.8, 4) is 5.75 Å². The van der Waals surface area contributed by atoms with E-state index in [1.54, 1.807) is 30.3 Å². The molecule has 0 saturated carbocycles. The normalized spacial score (nSPS) is 14.3. The number of nitrogens with one attached hydrogen (secondary N) is 9. The molecule has 23 N–H and O–H groups in total. The predicted octanol–water partition coefficient (Wildman–Crippen LogP) is -5.42. The van der Waals surface area contributed by atoms with Gasteiger partial charge in [0.25, 0.3) is 0 Å². The Hall–Kier alpha value is -8.80. The molecule has 0 unspecified atom stereocenters. The first-order chi connectivity index (χ1) is 42.1. The molecule has 0 aromatic heterocycles. The lowest BCUT2D eigenvalue weighted by atomic mass is 10.0. The van der Waals surface area contributed by atoms with Crippen molar-refractivity contribution in [1.29, 1.82) is 0 Å². The second-order valence-electron chi connectivity index (χ2n) is 20.1. The third-order valence-electron chi connectivity index (χ3n) is 13.1. The van der Waals surface area contributed by atoms with Gasteiger partial charge in [-0.1, -0.05) is 42.5 Å². The van der Waals surface area contributed by atoms with Gasteiger partial charge in [0, 0.05) is 50.2 Å². The SMILES string of the molecule is NCCCC[C@H](NC(=O)[C@H](CS)NC(=O)[C@H](CS)NC(=O)[C@H](CCC(=O)O)NC(=O)[C@H](Cc1ccc(O)cc1)NC(=O)[C@H](Cc1ccccc1)NC(=O)[C@H](CCCN=C(N)N)NC(=O)[C@H](CCC(=O)O)NC(=O)[C@@H](N)CO)C(=O)N[C@@H](CCC(=O)O)C(=O)O. The van der Waals surface area contributed by atoms with Crippen molar-refractivity contribution < 1.29 is 93.0 Å². The number of carboxylic acids is 4. The molecule has 33 nitrogen and oxygen atoms in total. The highest BCUT2D eigenvalue weighted by molar-refractivity contribution is 7.80. The number of carbonyl (C=O) groups is 13. The van der Waals surface area contributed by atoms with Gasteiger partial charge in [-0.3, -0.25) is 62.5 Å². The smallest absolute Gasteiger partial charge is 0.326 e. The fraction of sp³-hybridized carbons (Fsp3) is 0.519. The summed E-state index contributed by atoms with van der Waals surface area (Å²) in [7, 11) is 0. The molecule has 2 aromatic carbocycles. The van der Waals surface area contributed by atoms with Crippen molar-refractivity contribution in [2.24, 2.45) is 27.9 Å². The van der Waals surface area contributed by atoms with Crippen molar-refractivity contribution in [3.05, 3.63) is 65.7 Å². The highest BCUT2D eigenvalue weighted by Crippen LogP contribution is 2.15. The summed E-state index contributed by atoms with van der Waals surface area (Å²) in [6.07, 6.45) is -3.94. The van der Waals surface area contributed by atoms with Gasteiger partial charge in [-0.05, 0) is 81.2 Å². The molecule has 0 spiro atoms. The Labute approximate surface area is 521 Å². The van der Waals surface area contributed by atoms with Gasteiger partial charge in [0.05, 0.1) is 6.61 Å². The molecule has 0 bridgehead atoms. The zero-order chi connectivity index (χ0) is 66.8. The average molecular weight is 1290 g/mol. The highest BCUT2D eigenvalue weighted by atomic mass is 32.1. The van der Waals surface area contributed by atoms with Gasteiger partial charge in [-0.15, -0.1) is 0 Å². The molecule has 0 aliphatic heterocycles. The van der Waals surface area contributed by atoms with Crippen LogP contribution in [0.1, 0.15) is 81.8 Å². The minimum atomic E-state index is -1.79. The third-order valence-corrected chi connectivity index (χ3v) is 13.8. The Morgan fingerprint density at radius 1 is 0.438 bits per heavy atom. The minimum Gasteiger partial charge on any atom is -0.508 e. The van der Waals surface area contributed by atoms with Crippen molar-refractivity contribution in [3.63, 3.8) is 0 Å². The highest BCUT2D eigenvalue weighted by Gasteiger charge is 2.36. The maximum Gasteiger partial charge on any atom is 0.326 e. The number of aliphatic hydroxyl groups is 1. The van der Waals surface area contributed by atoms with Crippen LogP contribution in [-0.4, -0.2) is 205 Å². The van der Waals surface area contributed by atoms with Crippen LogP contribution in [0.3, 0.4) is 0 Å². The Bertz CT molecular complexity index is 2770. The van der Waals surface area contributed by atoms with E-state index in [-0.39, 0.29) is 63.3 Å². The van der Waals surface area contributed by atoms with E-state index < -0.39 is 194 Å². The van der Waals surface area contributed by atoms with Crippen LogP contribution in [0.25, 0.3) is 0 Å². The molecular weight excluding hydrogens is 1210 g/mol. The molecule has 0 radical (unpaired) electrons. The lowest BCUT2D eigenvalue weighted by molar-refractivity contribution is -0.143. The lowest BCUT2D eigenvalue weighted by Crippen LogP contribution is -2.61. The first-order valence-corrected chi connectivity index (χ1v) is 29.2. The number of nitrogens with two attached hydrogens (primary N) is 4. The van der Waals surface area contributed by atoms with Crippen molar-refractivity contribution in [2.45, 2.75) is 144 Å². The lowest BCUT2D eigenvalue weighted by Gasteiger charge is -2.28. The standard InChI is InChI=1S/C54H80N14O19S2/c55-21-5-4-9-32(45(78)64-36(53(86)87)17-20-43(75)76)62-51(84)39(26-88)68-52(85)40(27-89)67-48(81)35(16-19-42(73)74)63-49(82)38(24-29-11-13-30(70)14-12-29)66-50(83)37(23-28-7-2-1-3-8-28)65-46(79)33(10-6-22-59-54(57)58)61-47(80)34(15-18-41(71)72)60-44(77)31(56)25-69/h1-3,7-8,11-14,31-40,69-70,88-89H,4-6,9-10,15-27,55-56H2,(H,60,77)(H,61,80)(H,62,84)(H,63,82)(H,64,78)(H,65,79)(H,66,83)(H,67,81)(H,68,85)(H,71,72)(H,73,74)(H,75,76)(H,86,87)(H4,57,58,59)/t31-,32-,33-,34-,35-,36-,37-,38-,39-,40-/m0/s1. The van der Waals surface area contributed by atoms with Crippen LogP contribution in [0.5, 0.6) is 5.75 Å². The summed E-state index contributed by atoms with van der Waals surface area (Å²) in [5.41, 5.74) is 22.9. The summed E-state index contributed by atoms with van der Waals surface area (Å²) in [6.45, 7) is -0.720. The number of hydrogen-bond acceptors (Lipinski definition) is 20. The maximum atomic E-state index is 14.7. The van der Waals surface area contributed by atoms with Crippen molar-refractivity contribution in [2.75, 3.05) is 31.2 Å². The van der Waals surface area contributed by atoms with Crippen molar-refractivity contribution >= 4 is 108 Å². The van der Waals surface area contributed by atoms with E-state index in [1.807, 2.05) is 0 Å². The second-order valence-corrected chi connectivity index (χ2v) is 20.9. The van der Waals surface area contributed by atoms with Crippen LogP contribution in [0.4, 0.5) is 0 Å². The Morgan fingerprint density at radius 3 is 1.16 bits per heavy atom. The van der Waals surface area contributed by atoms with Crippen LogP contribution in [0.15, 0.2) is 59.6 Å². The number of rotatable bonds is 43. The average Bonchev–Trinajstić information content (AvgIpc) is 3.49. The zero-order valence-electron chi connectivity index (χ0n) is 48.3. The van der Waals surface area contributed by atoms with E-state index in [2.05, 4.69) is 78.1 Å². The van der Waals surface area contributed by atoms with Crippen molar-refractivity contribution in [1.82, 2.24) is 47.9 Å². The molecule has 0 aliphatic rings. The summed E-state index contributed by atoms with van der Waals surface area (Å²) in [6, 6.07) is -2.59. The number of guanidine groups is 1. The minimum absolute atomic E-state index is 0.0174. The monoisotopic (exact) mass is 1290 g/mol. The first kappa shape index (κ1) is 76.3. The Morgan fingerprint density at radius 2 is 0.775 bits per heavy atom. The number of phenolic OH excluding ortho intramolecular Hbond substituents is 1. The molecule has 9 amide bonds. The van der Waals surface area contributed by atoms with Crippen LogP contribution in [0.2, 0.25) is 0 Å². The van der Waals surface area contributed by atoms with Gasteiger partial charge >= 0.3 is 23.9 Å². The molecule has 0 saturated heterocycles. The number of aliphatic hydroxyl groups excluding tert-OH is 1. The number of aliphatic carboxylic acids is 4. The molecule has 0 fully saturated rings. The number of aliphatic imine (C=N–C) groups is 1. The van der Waals surface area contributed by atoms with E-state index in [9.17, 15) is 87.9 Å². The molecule has 2 rings (SSSR count). The molecule has 35 heteroatoms. The van der Waals surface area contributed by atoms with E-state index >= 15 is 0 Å². The number of unbranched alkanes of at least 4 members (excludes halogenated alkanes) is 1. The Balaban J connectivity index is 2.56. The molecular formula is C54H80N14O19S2. The third kappa shape index (κ3) is 29.6. The van der Waals surface area contributed by atoms with E-state index in [0.717, 1.165) is 0 Å². The number of carbonyl (C=O) groups excluding carboxylic acids is 9. The van der Waals surface area contributed by atoms with E-state index in [0.29, 0.717) is 17.5 Å². The van der Waals surface area contributed by atoms with Gasteiger partial charge in [0.2, 0.25) is 53.2 Å². The number of carboxylic acid groups (broad SMARTS) is 4. The van der Waals surface area contributed by atoms with Gasteiger partial charge in [0.15, 0.2) is 5.96 Å². The fourth-order valence-electron chi connectivity index (χ4n) is 8.20. The van der Waals surface area contributed by atoms with Crippen LogP contribution < -0.4 is 70.8 Å². The zero-order valence-corrected chi connectivity index (χ0v) is 50.1. The molecule has 492 valence electrons.